The SMILES string of the molecule is CCCCNC(=NCc1cccnc1N1CCOCC1)NCC. The number of nitrogens with one attached hydrogen (secondary N) is 2. The number of rotatable bonds is 7. The lowest BCUT2D eigenvalue weighted by atomic mass is 10.2. The summed E-state index contributed by atoms with van der Waals surface area (Å²) in [6, 6.07) is 4.09. The average Bonchev–Trinajstić information content (AvgIpc) is 2.61. The lowest BCUT2D eigenvalue weighted by Gasteiger charge is -2.29. The predicted molar refractivity (Wildman–Crippen MR) is 95.0 cm³/mol. The van der Waals surface area contributed by atoms with E-state index in [1.54, 1.807) is 0 Å². The van der Waals surface area contributed by atoms with Crippen LogP contribution in [0.4, 0.5) is 5.82 Å². The van der Waals surface area contributed by atoms with E-state index in [9.17, 15) is 0 Å². The van der Waals surface area contributed by atoms with Gasteiger partial charge in [-0.1, -0.05) is 19.4 Å². The highest BCUT2D eigenvalue weighted by Crippen LogP contribution is 2.19. The average molecular weight is 319 g/mol. The minimum Gasteiger partial charge on any atom is -0.378 e. The fourth-order valence-corrected chi connectivity index (χ4v) is 2.50. The standard InChI is InChI=1S/C17H29N5O/c1-3-5-8-20-17(18-4-2)21-14-15-7-6-9-19-16(15)22-10-12-23-13-11-22/h6-7,9H,3-5,8,10-14H2,1-2H3,(H2,18,20,21). The van der Waals surface area contributed by atoms with Gasteiger partial charge in [-0.05, 0) is 19.4 Å². The fourth-order valence-electron chi connectivity index (χ4n) is 2.50. The number of guanidine groups is 1. The molecular weight excluding hydrogens is 290 g/mol. The van der Waals surface area contributed by atoms with E-state index in [0.717, 1.165) is 63.2 Å². The molecule has 0 aromatic carbocycles. The molecular formula is C17H29N5O. The third-order valence-electron chi connectivity index (χ3n) is 3.75. The Bertz CT molecular complexity index is 486. The van der Waals surface area contributed by atoms with Crippen LogP contribution in [0.3, 0.4) is 0 Å². The number of pyridine rings is 1. The Morgan fingerprint density at radius 1 is 1.30 bits per heavy atom. The maximum Gasteiger partial charge on any atom is 0.191 e. The van der Waals surface area contributed by atoms with E-state index in [-0.39, 0.29) is 0 Å². The van der Waals surface area contributed by atoms with Gasteiger partial charge in [0.25, 0.3) is 0 Å². The van der Waals surface area contributed by atoms with Gasteiger partial charge in [0.05, 0.1) is 19.8 Å². The Labute approximate surface area is 139 Å². The van der Waals surface area contributed by atoms with E-state index in [4.69, 9.17) is 9.73 Å². The first kappa shape index (κ1) is 17.5. The van der Waals surface area contributed by atoms with Gasteiger partial charge >= 0.3 is 0 Å². The molecule has 0 atom stereocenters. The second-order valence-electron chi connectivity index (χ2n) is 5.56. The Morgan fingerprint density at radius 3 is 2.87 bits per heavy atom. The maximum absolute atomic E-state index is 5.43. The molecule has 0 unspecified atom stereocenters. The number of aliphatic imine (C=N–C) groups is 1. The van der Waals surface area contributed by atoms with Gasteiger partial charge in [-0.2, -0.15) is 0 Å². The van der Waals surface area contributed by atoms with E-state index in [1.807, 2.05) is 12.3 Å². The predicted octanol–water partition coefficient (Wildman–Crippen LogP) is 1.77. The fraction of sp³-hybridized carbons (Fsp3) is 0.647. The summed E-state index contributed by atoms with van der Waals surface area (Å²) < 4.78 is 5.43. The number of unbranched alkanes of at least 4 members (excludes halogenated alkanes) is 1. The highest BCUT2D eigenvalue weighted by Gasteiger charge is 2.15. The molecule has 1 fully saturated rings. The summed E-state index contributed by atoms with van der Waals surface area (Å²) >= 11 is 0. The third-order valence-corrected chi connectivity index (χ3v) is 3.75. The Morgan fingerprint density at radius 2 is 2.13 bits per heavy atom. The van der Waals surface area contributed by atoms with Gasteiger partial charge in [0.15, 0.2) is 5.96 Å². The highest BCUT2D eigenvalue weighted by atomic mass is 16.5. The summed E-state index contributed by atoms with van der Waals surface area (Å²) in [6.07, 6.45) is 4.18. The minimum absolute atomic E-state index is 0.627. The van der Waals surface area contributed by atoms with Gasteiger partial charge in [-0.15, -0.1) is 0 Å². The van der Waals surface area contributed by atoms with Crippen molar-refractivity contribution >= 4 is 11.8 Å². The molecule has 2 heterocycles. The molecule has 0 bridgehead atoms. The molecule has 0 saturated carbocycles. The Balaban J connectivity index is 2.03. The van der Waals surface area contributed by atoms with Crippen molar-refractivity contribution in [2.75, 3.05) is 44.3 Å². The molecule has 1 aliphatic rings. The van der Waals surface area contributed by atoms with Gasteiger partial charge in [0.2, 0.25) is 0 Å². The van der Waals surface area contributed by atoms with Crippen LogP contribution in [0.2, 0.25) is 0 Å². The largest absolute Gasteiger partial charge is 0.378 e. The molecule has 1 saturated heterocycles. The van der Waals surface area contributed by atoms with E-state index in [2.05, 4.69) is 40.4 Å². The van der Waals surface area contributed by atoms with Gasteiger partial charge in [-0.3, -0.25) is 0 Å². The number of morpholine rings is 1. The van der Waals surface area contributed by atoms with E-state index in [0.29, 0.717) is 6.54 Å². The number of hydrogen-bond acceptors (Lipinski definition) is 4. The van der Waals surface area contributed by atoms with E-state index in [1.165, 1.54) is 6.42 Å². The molecule has 128 valence electrons. The molecule has 0 amide bonds. The van der Waals surface area contributed by atoms with Crippen LogP contribution in [0.1, 0.15) is 32.3 Å². The molecule has 0 aliphatic carbocycles. The first-order valence-electron chi connectivity index (χ1n) is 8.64. The minimum atomic E-state index is 0.627. The number of ether oxygens (including phenoxy) is 1. The maximum atomic E-state index is 5.43. The topological polar surface area (TPSA) is 61.8 Å². The quantitative estimate of drug-likeness (QED) is 0.456. The molecule has 6 heteroatoms. The highest BCUT2D eigenvalue weighted by molar-refractivity contribution is 5.79. The van der Waals surface area contributed by atoms with Crippen molar-refractivity contribution in [3.05, 3.63) is 23.9 Å². The molecule has 1 aliphatic heterocycles. The van der Waals surface area contributed by atoms with E-state index < -0.39 is 0 Å². The van der Waals surface area contributed by atoms with Crippen LogP contribution in [-0.4, -0.2) is 50.3 Å². The number of hydrogen-bond donors (Lipinski definition) is 2. The van der Waals surface area contributed by atoms with Crippen LogP contribution in [0.5, 0.6) is 0 Å². The number of nitrogens with zero attached hydrogens (tertiary/aromatic N) is 3. The summed E-state index contributed by atoms with van der Waals surface area (Å²) in [6.45, 7) is 10.0. The van der Waals surface area contributed by atoms with Gasteiger partial charge in [0, 0.05) is 37.9 Å². The summed E-state index contributed by atoms with van der Waals surface area (Å²) in [7, 11) is 0. The Kier molecular flexibility index (Phi) is 7.66. The van der Waals surface area contributed by atoms with Crippen LogP contribution in [0, 0.1) is 0 Å². The first-order chi connectivity index (χ1) is 11.3. The zero-order valence-electron chi connectivity index (χ0n) is 14.3. The lowest BCUT2D eigenvalue weighted by molar-refractivity contribution is 0.122. The second kappa shape index (κ2) is 10.0. The number of aromatic nitrogens is 1. The van der Waals surface area contributed by atoms with E-state index >= 15 is 0 Å². The third kappa shape index (κ3) is 5.71. The van der Waals surface area contributed by atoms with Crippen molar-refractivity contribution in [3.8, 4) is 0 Å². The first-order valence-corrected chi connectivity index (χ1v) is 8.64. The Hall–Kier alpha value is -1.82. The molecule has 2 rings (SSSR count). The van der Waals surface area contributed by atoms with Crippen molar-refractivity contribution in [1.29, 1.82) is 0 Å². The lowest BCUT2D eigenvalue weighted by Crippen LogP contribution is -2.38. The van der Waals surface area contributed by atoms with Crippen molar-refractivity contribution in [2.24, 2.45) is 4.99 Å². The van der Waals surface area contributed by atoms with Crippen molar-refractivity contribution in [1.82, 2.24) is 15.6 Å². The molecule has 6 nitrogen and oxygen atoms in total. The van der Waals surface area contributed by atoms with Crippen LogP contribution in [0.25, 0.3) is 0 Å². The van der Waals surface area contributed by atoms with Crippen LogP contribution in [-0.2, 0) is 11.3 Å². The van der Waals surface area contributed by atoms with Gasteiger partial charge < -0.3 is 20.3 Å². The van der Waals surface area contributed by atoms with Crippen LogP contribution >= 0.6 is 0 Å². The summed E-state index contributed by atoms with van der Waals surface area (Å²) in [5, 5.41) is 6.67. The van der Waals surface area contributed by atoms with Crippen LogP contribution < -0.4 is 15.5 Å². The van der Waals surface area contributed by atoms with Crippen molar-refractivity contribution in [2.45, 2.75) is 33.2 Å². The van der Waals surface area contributed by atoms with Gasteiger partial charge in [0.1, 0.15) is 5.82 Å². The molecule has 1 aromatic rings. The monoisotopic (exact) mass is 319 g/mol. The van der Waals surface area contributed by atoms with Crippen molar-refractivity contribution < 1.29 is 4.74 Å². The smallest absolute Gasteiger partial charge is 0.191 e. The van der Waals surface area contributed by atoms with Crippen LogP contribution in [0.15, 0.2) is 23.3 Å². The molecule has 2 N–H and O–H groups in total. The zero-order chi connectivity index (χ0) is 16.3. The molecule has 0 radical (unpaired) electrons. The summed E-state index contributed by atoms with van der Waals surface area (Å²) in [5.41, 5.74) is 1.15. The number of anilines is 1. The normalized spacial score (nSPS) is 15.6. The van der Waals surface area contributed by atoms with Gasteiger partial charge in [-0.25, -0.2) is 9.98 Å². The molecule has 23 heavy (non-hydrogen) atoms. The summed E-state index contributed by atoms with van der Waals surface area (Å²) in [4.78, 5) is 11.6. The van der Waals surface area contributed by atoms with Crippen molar-refractivity contribution in [3.63, 3.8) is 0 Å². The summed E-state index contributed by atoms with van der Waals surface area (Å²) in [5.74, 6) is 1.90. The zero-order valence-corrected chi connectivity index (χ0v) is 14.3. The molecule has 1 aromatic heterocycles. The second-order valence-corrected chi connectivity index (χ2v) is 5.56. The molecule has 0 spiro atoms.